The van der Waals surface area contributed by atoms with Crippen molar-refractivity contribution in [1.82, 2.24) is 5.32 Å². The maximum Gasteiger partial charge on any atom is 0.263 e. The lowest BCUT2D eigenvalue weighted by Crippen LogP contribution is -2.25. The molecule has 0 radical (unpaired) electrons. The lowest BCUT2D eigenvalue weighted by Gasteiger charge is -2.12. The van der Waals surface area contributed by atoms with Gasteiger partial charge >= 0.3 is 0 Å². The van der Waals surface area contributed by atoms with Crippen LogP contribution in [0.15, 0.2) is 47.4 Å². The molecule has 0 heterocycles. The van der Waals surface area contributed by atoms with Crippen LogP contribution in [0.4, 0.5) is 5.69 Å². The first-order valence-electron chi connectivity index (χ1n) is 8.36. The minimum Gasteiger partial charge on any atom is -0.352 e. The SMILES string of the molecule is Cc1cccc(NS(=O)(=O)c2cc(C(=O)NCCC(C)C)ccc2Cl)c1. The summed E-state index contributed by atoms with van der Waals surface area (Å²) in [4.78, 5) is 12.1. The number of aryl methyl sites for hydroxylation is 1. The van der Waals surface area contributed by atoms with Gasteiger partial charge in [-0.15, -0.1) is 0 Å². The molecule has 1 amide bonds. The van der Waals surface area contributed by atoms with Crippen LogP contribution in [-0.2, 0) is 10.0 Å². The first-order valence-corrected chi connectivity index (χ1v) is 10.2. The van der Waals surface area contributed by atoms with Gasteiger partial charge in [0, 0.05) is 17.8 Å². The molecule has 0 atom stereocenters. The number of carbonyl (C=O) groups is 1. The zero-order valence-corrected chi connectivity index (χ0v) is 16.6. The van der Waals surface area contributed by atoms with E-state index in [0.717, 1.165) is 12.0 Å². The third kappa shape index (κ3) is 5.47. The van der Waals surface area contributed by atoms with Gasteiger partial charge in [0.25, 0.3) is 15.9 Å². The molecule has 140 valence electrons. The van der Waals surface area contributed by atoms with Gasteiger partial charge in [-0.05, 0) is 55.2 Å². The first-order chi connectivity index (χ1) is 12.2. The van der Waals surface area contributed by atoms with Crippen molar-refractivity contribution in [3.63, 3.8) is 0 Å². The van der Waals surface area contributed by atoms with Crippen LogP contribution >= 0.6 is 11.6 Å². The van der Waals surface area contributed by atoms with Gasteiger partial charge < -0.3 is 5.32 Å². The monoisotopic (exact) mass is 394 g/mol. The third-order valence-electron chi connectivity index (χ3n) is 3.76. The molecule has 0 unspecified atom stereocenters. The van der Waals surface area contributed by atoms with Crippen molar-refractivity contribution in [3.8, 4) is 0 Å². The molecule has 2 aromatic rings. The van der Waals surface area contributed by atoms with Crippen molar-refractivity contribution in [2.45, 2.75) is 32.1 Å². The molecular weight excluding hydrogens is 372 g/mol. The van der Waals surface area contributed by atoms with E-state index in [2.05, 4.69) is 23.9 Å². The Kier molecular flexibility index (Phi) is 6.67. The summed E-state index contributed by atoms with van der Waals surface area (Å²) >= 11 is 6.08. The normalized spacial score (nSPS) is 11.4. The van der Waals surface area contributed by atoms with Crippen LogP contribution in [0.3, 0.4) is 0 Å². The van der Waals surface area contributed by atoms with Crippen molar-refractivity contribution < 1.29 is 13.2 Å². The summed E-state index contributed by atoms with van der Waals surface area (Å²) in [7, 11) is -3.91. The number of carbonyl (C=O) groups excluding carboxylic acids is 1. The first kappa shape index (κ1) is 20.3. The molecule has 0 spiro atoms. The lowest BCUT2D eigenvalue weighted by atomic mass is 10.1. The number of hydrogen-bond acceptors (Lipinski definition) is 3. The zero-order valence-electron chi connectivity index (χ0n) is 15.0. The summed E-state index contributed by atoms with van der Waals surface area (Å²) in [5.41, 5.74) is 1.62. The van der Waals surface area contributed by atoms with Crippen LogP contribution < -0.4 is 10.0 Å². The predicted octanol–water partition coefficient (Wildman–Crippen LogP) is 4.23. The molecule has 0 aliphatic carbocycles. The van der Waals surface area contributed by atoms with E-state index in [1.165, 1.54) is 18.2 Å². The maximum absolute atomic E-state index is 12.7. The number of rotatable bonds is 7. The Balaban J connectivity index is 2.24. The second kappa shape index (κ2) is 8.56. The Labute approximate surface area is 159 Å². The number of anilines is 1. The molecule has 0 aromatic heterocycles. The maximum atomic E-state index is 12.7. The van der Waals surface area contributed by atoms with Crippen LogP contribution in [0.2, 0.25) is 5.02 Å². The van der Waals surface area contributed by atoms with E-state index in [0.29, 0.717) is 18.2 Å². The average Bonchev–Trinajstić information content (AvgIpc) is 2.54. The highest BCUT2D eigenvalue weighted by Crippen LogP contribution is 2.25. The van der Waals surface area contributed by atoms with Gasteiger partial charge in [-0.25, -0.2) is 8.42 Å². The number of hydrogen-bond donors (Lipinski definition) is 2. The van der Waals surface area contributed by atoms with Crippen LogP contribution in [0.25, 0.3) is 0 Å². The van der Waals surface area contributed by atoms with Gasteiger partial charge in [-0.2, -0.15) is 0 Å². The summed E-state index contributed by atoms with van der Waals surface area (Å²) < 4.78 is 27.9. The van der Waals surface area contributed by atoms with Crippen molar-refractivity contribution in [2.24, 2.45) is 5.92 Å². The third-order valence-corrected chi connectivity index (χ3v) is 5.62. The van der Waals surface area contributed by atoms with Crippen LogP contribution in [0.5, 0.6) is 0 Å². The molecule has 0 saturated carbocycles. The average molecular weight is 395 g/mol. The zero-order chi connectivity index (χ0) is 19.3. The number of amides is 1. The van der Waals surface area contributed by atoms with Crippen LogP contribution in [0, 0.1) is 12.8 Å². The van der Waals surface area contributed by atoms with Gasteiger partial charge in [-0.1, -0.05) is 37.6 Å². The van der Waals surface area contributed by atoms with Crippen molar-refractivity contribution >= 4 is 33.2 Å². The molecular formula is C19H23ClN2O3S. The van der Waals surface area contributed by atoms with Crippen molar-refractivity contribution in [3.05, 3.63) is 58.6 Å². The highest BCUT2D eigenvalue weighted by Gasteiger charge is 2.20. The summed E-state index contributed by atoms with van der Waals surface area (Å²) in [6.45, 7) is 6.53. The molecule has 26 heavy (non-hydrogen) atoms. The van der Waals surface area contributed by atoms with Gasteiger partial charge in [-0.3, -0.25) is 9.52 Å². The molecule has 2 aromatic carbocycles. The topological polar surface area (TPSA) is 75.3 Å². The molecule has 7 heteroatoms. The number of sulfonamides is 1. The molecule has 0 aliphatic rings. The molecule has 0 aliphatic heterocycles. The molecule has 5 nitrogen and oxygen atoms in total. The van der Waals surface area contributed by atoms with E-state index >= 15 is 0 Å². The quantitative estimate of drug-likeness (QED) is 0.738. The second-order valence-corrected chi connectivity index (χ2v) is 8.62. The van der Waals surface area contributed by atoms with Gasteiger partial charge in [0.15, 0.2) is 0 Å². The predicted molar refractivity (Wildman–Crippen MR) is 105 cm³/mol. The fourth-order valence-corrected chi connectivity index (χ4v) is 3.92. The summed E-state index contributed by atoms with van der Waals surface area (Å²) in [6.07, 6.45) is 0.847. The summed E-state index contributed by atoms with van der Waals surface area (Å²) in [5, 5.41) is 2.85. The van der Waals surface area contributed by atoms with Crippen molar-refractivity contribution in [2.75, 3.05) is 11.3 Å². The van der Waals surface area contributed by atoms with Crippen molar-refractivity contribution in [1.29, 1.82) is 0 Å². The minimum atomic E-state index is -3.91. The van der Waals surface area contributed by atoms with E-state index in [-0.39, 0.29) is 21.4 Å². The van der Waals surface area contributed by atoms with E-state index in [4.69, 9.17) is 11.6 Å². The highest BCUT2D eigenvalue weighted by atomic mass is 35.5. The molecule has 0 fully saturated rings. The fraction of sp³-hybridized carbons (Fsp3) is 0.316. The Morgan fingerprint density at radius 1 is 1.15 bits per heavy atom. The Morgan fingerprint density at radius 2 is 1.88 bits per heavy atom. The van der Waals surface area contributed by atoms with Gasteiger partial charge in [0.2, 0.25) is 0 Å². The molecule has 0 bridgehead atoms. The Hall–Kier alpha value is -2.05. The summed E-state index contributed by atoms with van der Waals surface area (Å²) in [6, 6.07) is 11.2. The second-order valence-electron chi connectivity index (χ2n) is 6.56. The Morgan fingerprint density at radius 3 is 2.54 bits per heavy atom. The standard InChI is InChI=1S/C19H23ClN2O3S/c1-13(2)9-10-21-19(23)15-7-8-17(20)18(12-15)26(24,25)22-16-6-4-5-14(3)11-16/h4-8,11-13,22H,9-10H2,1-3H3,(H,21,23). The Bertz CT molecular complexity index is 895. The minimum absolute atomic E-state index is 0.0592. The van der Waals surface area contributed by atoms with E-state index in [1.807, 2.05) is 13.0 Å². The summed E-state index contributed by atoms with van der Waals surface area (Å²) in [5.74, 6) is 0.143. The lowest BCUT2D eigenvalue weighted by molar-refractivity contribution is 0.0952. The number of halogens is 1. The molecule has 2 N–H and O–H groups in total. The smallest absolute Gasteiger partial charge is 0.263 e. The molecule has 2 rings (SSSR count). The molecule has 0 saturated heterocycles. The van der Waals surface area contributed by atoms with Gasteiger partial charge in [0.05, 0.1) is 5.02 Å². The number of nitrogens with one attached hydrogen (secondary N) is 2. The fourth-order valence-electron chi connectivity index (χ4n) is 2.35. The largest absolute Gasteiger partial charge is 0.352 e. The van der Waals surface area contributed by atoms with E-state index in [9.17, 15) is 13.2 Å². The van der Waals surface area contributed by atoms with Crippen LogP contribution in [-0.4, -0.2) is 20.9 Å². The highest BCUT2D eigenvalue weighted by molar-refractivity contribution is 7.92. The van der Waals surface area contributed by atoms with Gasteiger partial charge in [0.1, 0.15) is 4.90 Å². The number of benzene rings is 2. The van der Waals surface area contributed by atoms with Crippen LogP contribution in [0.1, 0.15) is 36.2 Å². The van der Waals surface area contributed by atoms with E-state index < -0.39 is 10.0 Å². The van der Waals surface area contributed by atoms with E-state index in [1.54, 1.807) is 18.2 Å².